The summed E-state index contributed by atoms with van der Waals surface area (Å²) in [5.41, 5.74) is 9.71. The van der Waals surface area contributed by atoms with Crippen LogP contribution in [-0.2, 0) is 0 Å². The molecule has 0 spiro atoms. The fourth-order valence-electron chi connectivity index (χ4n) is 2.20. The third kappa shape index (κ3) is 2.07. The van der Waals surface area contributed by atoms with Crippen LogP contribution < -0.4 is 10.5 Å². The number of nitrogens with two attached hydrogens (primary N) is 1. The van der Waals surface area contributed by atoms with Gasteiger partial charge in [-0.1, -0.05) is 30.3 Å². The van der Waals surface area contributed by atoms with Crippen molar-refractivity contribution in [3.05, 3.63) is 59.8 Å². The Morgan fingerprint density at radius 1 is 0.950 bits per heavy atom. The Morgan fingerprint density at radius 3 is 2.45 bits per heavy atom. The molecule has 3 nitrogen and oxygen atoms in total. The van der Waals surface area contributed by atoms with Gasteiger partial charge in [-0.3, -0.25) is 0 Å². The average molecular weight is 264 g/mol. The van der Waals surface area contributed by atoms with Crippen LogP contribution in [0.2, 0.25) is 0 Å². The van der Waals surface area contributed by atoms with Gasteiger partial charge in [0.25, 0.3) is 0 Å². The minimum Gasteiger partial charge on any atom is -0.455 e. The number of pyridine rings is 1. The summed E-state index contributed by atoms with van der Waals surface area (Å²) in [6.07, 6.45) is 0. The molecule has 0 saturated heterocycles. The summed E-state index contributed by atoms with van der Waals surface area (Å²) in [5.74, 6) is 1.52. The van der Waals surface area contributed by atoms with Crippen LogP contribution >= 0.6 is 0 Å². The first kappa shape index (κ1) is 12.5. The van der Waals surface area contributed by atoms with Gasteiger partial charge in [0.1, 0.15) is 11.3 Å². The van der Waals surface area contributed by atoms with Gasteiger partial charge in [0, 0.05) is 16.8 Å². The molecule has 3 rings (SSSR count). The summed E-state index contributed by atoms with van der Waals surface area (Å²) >= 11 is 0. The van der Waals surface area contributed by atoms with E-state index in [0.717, 1.165) is 39.3 Å². The summed E-state index contributed by atoms with van der Waals surface area (Å²) in [7, 11) is 0. The van der Waals surface area contributed by atoms with Crippen molar-refractivity contribution in [2.75, 3.05) is 5.73 Å². The van der Waals surface area contributed by atoms with Crippen molar-refractivity contribution in [3.63, 3.8) is 0 Å². The summed E-state index contributed by atoms with van der Waals surface area (Å²) in [6, 6.07) is 15.5. The summed E-state index contributed by atoms with van der Waals surface area (Å²) in [5, 5.41) is 0.932. The number of aromatic nitrogens is 1. The van der Waals surface area contributed by atoms with Crippen LogP contribution in [-0.4, -0.2) is 4.98 Å². The smallest absolute Gasteiger partial charge is 0.153 e. The topological polar surface area (TPSA) is 48.1 Å². The Bertz CT molecular complexity index is 767. The molecule has 0 aliphatic heterocycles. The van der Waals surface area contributed by atoms with Gasteiger partial charge in [-0.2, -0.15) is 0 Å². The van der Waals surface area contributed by atoms with Crippen molar-refractivity contribution in [1.82, 2.24) is 4.98 Å². The predicted octanol–water partition coefficient (Wildman–Crippen LogP) is 4.23. The van der Waals surface area contributed by atoms with E-state index < -0.39 is 0 Å². The van der Waals surface area contributed by atoms with Gasteiger partial charge in [0.15, 0.2) is 5.75 Å². The molecule has 2 aromatic carbocycles. The monoisotopic (exact) mass is 264 g/mol. The number of nitrogen functional groups attached to an aromatic ring is 1. The second-order valence-corrected chi connectivity index (χ2v) is 4.80. The average Bonchev–Trinajstić information content (AvgIpc) is 2.47. The lowest BCUT2D eigenvalue weighted by Gasteiger charge is -2.12. The van der Waals surface area contributed by atoms with Crippen LogP contribution in [0, 0.1) is 13.8 Å². The van der Waals surface area contributed by atoms with Crippen molar-refractivity contribution in [3.8, 4) is 11.5 Å². The number of nitrogens with zero attached hydrogens (tertiary/aromatic N) is 1. The first-order valence-electron chi connectivity index (χ1n) is 6.55. The first-order valence-corrected chi connectivity index (χ1v) is 6.55. The Balaban J connectivity index is 2.17. The van der Waals surface area contributed by atoms with E-state index in [1.54, 1.807) is 0 Å². The van der Waals surface area contributed by atoms with Crippen molar-refractivity contribution >= 4 is 16.6 Å². The van der Waals surface area contributed by atoms with Gasteiger partial charge >= 0.3 is 0 Å². The second kappa shape index (κ2) is 4.85. The Hall–Kier alpha value is -2.55. The molecule has 0 bridgehead atoms. The van der Waals surface area contributed by atoms with Crippen LogP contribution in [0.25, 0.3) is 10.9 Å². The van der Waals surface area contributed by atoms with Gasteiger partial charge in [0.05, 0.1) is 0 Å². The zero-order chi connectivity index (χ0) is 14.1. The largest absolute Gasteiger partial charge is 0.455 e. The molecule has 20 heavy (non-hydrogen) atoms. The molecule has 100 valence electrons. The van der Waals surface area contributed by atoms with E-state index in [0.29, 0.717) is 0 Å². The molecule has 0 atom stereocenters. The van der Waals surface area contributed by atoms with Crippen molar-refractivity contribution in [1.29, 1.82) is 0 Å². The van der Waals surface area contributed by atoms with Crippen LogP contribution in [0.4, 0.5) is 5.69 Å². The maximum absolute atomic E-state index is 6.19. The van der Waals surface area contributed by atoms with E-state index >= 15 is 0 Å². The molecule has 0 fully saturated rings. The molecule has 0 unspecified atom stereocenters. The standard InChI is InChI=1S/C17H16N2O/c1-11-12(2)19-17-14(16(11)18)9-6-10-15(17)20-13-7-4-3-5-8-13/h3-10H,1-2H3,(H2,18,19). The maximum atomic E-state index is 6.19. The van der Waals surface area contributed by atoms with E-state index in [1.165, 1.54) is 0 Å². The SMILES string of the molecule is Cc1nc2c(Oc3ccccc3)cccc2c(N)c1C. The van der Waals surface area contributed by atoms with Crippen LogP contribution in [0.5, 0.6) is 11.5 Å². The molecule has 0 saturated carbocycles. The zero-order valence-corrected chi connectivity index (χ0v) is 11.6. The van der Waals surface area contributed by atoms with Gasteiger partial charge < -0.3 is 10.5 Å². The van der Waals surface area contributed by atoms with Crippen LogP contribution in [0.15, 0.2) is 48.5 Å². The van der Waals surface area contributed by atoms with Gasteiger partial charge in [-0.05, 0) is 37.6 Å². The lowest BCUT2D eigenvalue weighted by molar-refractivity contribution is 0.487. The highest BCUT2D eigenvalue weighted by Gasteiger charge is 2.11. The number of hydrogen-bond acceptors (Lipinski definition) is 3. The number of benzene rings is 2. The van der Waals surface area contributed by atoms with E-state index in [-0.39, 0.29) is 0 Å². The molecule has 0 aliphatic carbocycles. The van der Waals surface area contributed by atoms with Crippen molar-refractivity contribution in [2.45, 2.75) is 13.8 Å². The third-order valence-corrected chi connectivity index (χ3v) is 3.49. The maximum Gasteiger partial charge on any atom is 0.153 e. The van der Waals surface area contributed by atoms with Crippen LogP contribution in [0.3, 0.4) is 0 Å². The number of aryl methyl sites for hydroxylation is 1. The minimum atomic E-state index is 0.725. The Morgan fingerprint density at radius 2 is 1.70 bits per heavy atom. The fraction of sp³-hybridized carbons (Fsp3) is 0.118. The summed E-state index contributed by atoms with van der Waals surface area (Å²) in [4.78, 5) is 4.63. The molecular weight excluding hydrogens is 248 g/mol. The van der Waals surface area contributed by atoms with E-state index in [4.69, 9.17) is 10.5 Å². The molecule has 0 amide bonds. The number of fused-ring (bicyclic) bond motifs is 1. The highest BCUT2D eigenvalue weighted by atomic mass is 16.5. The lowest BCUT2D eigenvalue weighted by Crippen LogP contribution is -1.98. The number of rotatable bonds is 2. The van der Waals surface area contributed by atoms with Crippen LogP contribution in [0.1, 0.15) is 11.3 Å². The number of anilines is 1. The number of hydrogen-bond donors (Lipinski definition) is 1. The molecule has 1 heterocycles. The Kier molecular flexibility index (Phi) is 3.03. The van der Waals surface area contributed by atoms with E-state index in [1.807, 2.05) is 62.4 Å². The normalized spacial score (nSPS) is 10.7. The second-order valence-electron chi connectivity index (χ2n) is 4.80. The zero-order valence-electron chi connectivity index (χ0n) is 11.6. The quantitative estimate of drug-likeness (QED) is 0.753. The highest BCUT2D eigenvalue weighted by molar-refractivity contribution is 5.95. The highest BCUT2D eigenvalue weighted by Crippen LogP contribution is 2.33. The molecule has 2 N–H and O–H groups in total. The summed E-state index contributed by atoms with van der Waals surface area (Å²) < 4.78 is 5.92. The lowest BCUT2D eigenvalue weighted by atomic mass is 10.1. The number of para-hydroxylation sites is 2. The molecule has 0 radical (unpaired) electrons. The van der Waals surface area contributed by atoms with Crippen molar-refractivity contribution in [2.24, 2.45) is 0 Å². The molecule has 0 aliphatic rings. The van der Waals surface area contributed by atoms with E-state index in [9.17, 15) is 0 Å². The van der Waals surface area contributed by atoms with Gasteiger partial charge in [0.2, 0.25) is 0 Å². The number of ether oxygens (including phenoxy) is 1. The van der Waals surface area contributed by atoms with E-state index in [2.05, 4.69) is 4.98 Å². The first-order chi connectivity index (χ1) is 9.66. The molecule has 1 aromatic heterocycles. The fourth-order valence-corrected chi connectivity index (χ4v) is 2.20. The molecule has 3 heteroatoms. The van der Waals surface area contributed by atoms with Crippen molar-refractivity contribution < 1.29 is 4.74 Å². The van der Waals surface area contributed by atoms with Gasteiger partial charge in [-0.15, -0.1) is 0 Å². The third-order valence-electron chi connectivity index (χ3n) is 3.49. The van der Waals surface area contributed by atoms with Gasteiger partial charge in [-0.25, -0.2) is 4.98 Å². The Labute approximate surface area is 118 Å². The molecule has 3 aromatic rings. The summed E-state index contributed by atoms with van der Waals surface area (Å²) in [6.45, 7) is 3.95. The molecular formula is C17H16N2O. The predicted molar refractivity (Wildman–Crippen MR) is 82.1 cm³/mol. The minimum absolute atomic E-state index is 0.725.